The van der Waals surface area contributed by atoms with Crippen LogP contribution in [0.2, 0.25) is 5.02 Å². The van der Waals surface area contributed by atoms with Crippen LogP contribution in [-0.2, 0) is 16.9 Å². The highest BCUT2D eigenvalue weighted by Gasteiger charge is 2.38. The zero-order valence-corrected chi connectivity index (χ0v) is 11.4. The molecule has 1 aromatic heterocycles. The highest BCUT2D eigenvalue weighted by molar-refractivity contribution is 6.31. The minimum Gasteiger partial charge on any atom is -0.384 e. The van der Waals surface area contributed by atoms with Gasteiger partial charge in [0.1, 0.15) is 5.60 Å². The summed E-state index contributed by atoms with van der Waals surface area (Å²) in [7, 11) is 1.64. The number of halogens is 1. The maximum Gasteiger partial charge on any atom is 0.108 e. The van der Waals surface area contributed by atoms with Crippen molar-refractivity contribution in [3.05, 3.63) is 16.9 Å². The number of rotatable bonds is 4. The first-order valence-electron chi connectivity index (χ1n) is 6.25. The van der Waals surface area contributed by atoms with E-state index in [2.05, 4.69) is 5.10 Å². The second-order valence-corrected chi connectivity index (χ2v) is 5.33. The van der Waals surface area contributed by atoms with Crippen molar-refractivity contribution in [3.63, 3.8) is 0 Å². The van der Waals surface area contributed by atoms with E-state index in [1.165, 1.54) is 0 Å². The summed E-state index contributed by atoms with van der Waals surface area (Å²) in [5.41, 5.74) is 5.68. The Morgan fingerprint density at radius 1 is 1.61 bits per heavy atom. The lowest BCUT2D eigenvalue weighted by atomic mass is 9.80. The third-order valence-corrected chi connectivity index (χ3v) is 3.88. The largest absolute Gasteiger partial charge is 0.384 e. The Hall–Kier alpha value is -0.620. The van der Waals surface area contributed by atoms with Crippen LogP contribution in [0.25, 0.3) is 0 Å². The number of ether oxygens (including phenoxy) is 1. The topological polar surface area (TPSA) is 73.3 Å². The van der Waals surface area contributed by atoms with Crippen LogP contribution in [0.4, 0.5) is 0 Å². The van der Waals surface area contributed by atoms with E-state index in [1.807, 2.05) is 0 Å². The fourth-order valence-corrected chi connectivity index (χ4v) is 2.84. The minimum atomic E-state index is -0.906. The van der Waals surface area contributed by atoms with Crippen molar-refractivity contribution < 1.29 is 9.84 Å². The van der Waals surface area contributed by atoms with Gasteiger partial charge < -0.3 is 15.6 Å². The maximum absolute atomic E-state index is 10.8. The first kappa shape index (κ1) is 13.8. The number of methoxy groups -OCH3 is 1. The summed E-state index contributed by atoms with van der Waals surface area (Å²) >= 11 is 6.17. The average molecular weight is 274 g/mol. The van der Waals surface area contributed by atoms with E-state index >= 15 is 0 Å². The molecular weight excluding hydrogens is 254 g/mol. The number of nitrogens with two attached hydrogens (primary N) is 1. The van der Waals surface area contributed by atoms with Crippen molar-refractivity contribution in [3.8, 4) is 0 Å². The fourth-order valence-electron chi connectivity index (χ4n) is 2.53. The van der Waals surface area contributed by atoms with Crippen molar-refractivity contribution in [1.29, 1.82) is 0 Å². The van der Waals surface area contributed by atoms with Crippen molar-refractivity contribution in [2.45, 2.75) is 43.9 Å². The summed E-state index contributed by atoms with van der Waals surface area (Å²) < 4.78 is 6.78. The Morgan fingerprint density at radius 3 is 2.89 bits per heavy atom. The summed E-state index contributed by atoms with van der Waals surface area (Å²) in [6.07, 6.45) is 4.46. The molecule has 0 aliphatic heterocycles. The van der Waals surface area contributed by atoms with Gasteiger partial charge in [0.15, 0.2) is 0 Å². The summed E-state index contributed by atoms with van der Waals surface area (Å²) in [4.78, 5) is 0. The third-order valence-electron chi connectivity index (χ3n) is 3.60. The van der Waals surface area contributed by atoms with E-state index in [9.17, 15) is 5.11 Å². The standard InChI is InChI=1S/C12H20ClN3O2/c1-18-7-6-16-11(10(13)8-15-16)12(17)4-2-9(14)3-5-12/h8-9,17H,2-7,14H2,1H3. The van der Waals surface area contributed by atoms with E-state index in [1.54, 1.807) is 18.0 Å². The molecule has 0 amide bonds. The summed E-state index contributed by atoms with van der Waals surface area (Å²) in [5.74, 6) is 0. The Morgan fingerprint density at radius 2 is 2.28 bits per heavy atom. The molecule has 18 heavy (non-hydrogen) atoms. The predicted octanol–water partition coefficient (Wildman–Crippen LogP) is 1.27. The molecule has 1 aliphatic carbocycles. The highest BCUT2D eigenvalue weighted by atomic mass is 35.5. The fraction of sp³-hybridized carbons (Fsp3) is 0.750. The van der Waals surface area contributed by atoms with Gasteiger partial charge in [-0.15, -0.1) is 0 Å². The zero-order valence-electron chi connectivity index (χ0n) is 10.6. The number of aromatic nitrogens is 2. The second-order valence-electron chi connectivity index (χ2n) is 4.93. The molecule has 0 radical (unpaired) electrons. The molecule has 1 aliphatic rings. The molecule has 1 saturated carbocycles. The van der Waals surface area contributed by atoms with Gasteiger partial charge >= 0.3 is 0 Å². The first-order chi connectivity index (χ1) is 8.57. The molecule has 5 nitrogen and oxygen atoms in total. The van der Waals surface area contributed by atoms with Crippen LogP contribution in [0, 0.1) is 0 Å². The molecule has 2 rings (SSSR count). The second kappa shape index (κ2) is 5.57. The van der Waals surface area contributed by atoms with E-state index in [0.29, 0.717) is 36.7 Å². The molecule has 0 saturated heterocycles. The number of aliphatic hydroxyl groups is 1. The molecule has 0 unspecified atom stereocenters. The molecule has 6 heteroatoms. The quantitative estimate of drug-likeness (QED) is 0.867. The van der Waals surface area contributed by atoms with Gasteiger partial charge in [0, 0.05) is 13.2 Å². The van der Waals surface area contributed by atoms with Crippen LogP contribution in [0.1, 0.15) is 31.4 Å². The summed E-state index contributed by atoms with van der Waals surface area (Å²) in [6.45, 7) is 1.13. The van der Waals surface area contributed by atoms with Crippen molar-refractivity contribution in [1.82, 2.24) is 9.78 Å². The number of hydrogen-bond acceptors (Lipinski definition) is 4. The SMILES string of the molecule is COCCn1ncc(Cl)c1C1(O)CCC(N)CC1. The smallest absolute Gasteiger partial charge is 0.108 e. The van der Waals surface area contributed by atoms with Gasteiger partial charge in [-0.05, 0) is 25.7 Å². The molecular formula is C12H20ClN3O2. The Bertz CT molecular complexity index is 400. The molecule has 0 aromatic carbocycles. The lowest BCUT2D eigenvalue weighted by Gasteiger charge is -2.35. The van der Waals surface area contributed by atoms with Gasteiger partial charge in [-0.1, -0.05) is 11.6 Å². The van der Waals surface area contributed by atoms with Crippen molar-refractivity contribution in [2.75, 3.05) is 13.7 Å². The Kier molecular flexibility index (Phi) is 4.27. The zero-order chi connectivity index (χ0) is 13.2. The summed E-state index contributed by atoms with van der Waals surface area (Å²) in [6, 6.07) is 0.180. The molecule has 0 spiro atoms. The van der Waals surface area contributed by atoms with Crippen LogP contribution in [-0.4, -0.2) is 34.6 Å². The van der Waals surface area contributed by atoms with Gasteiger partial charge in [-0.2, -0.15) is 5.10 Å². The lowest BCUT2D eigenvalue weighted by Crippen LogP contribution is -2.38. The van der Waals surface area contributed by atoms with Crippen molar-refractivity contribution in [2.24, 2.45) is 5.73 Å². The molecule has 3 N–H and O–H groups in total. The van der Waals surface area contributed by atoms with E-state index in [-0.39, 0.29) is 6.04 Å². The van der Waals surface area contributed by atoms with Gasteiger partial charge in [0.05, 0.1) is 30.1 Å². The third kappa shape index (κ3) is 2.69. The van der Waals surface area contributed by atoms with Crippen LogP contribution >= 0.6 is 11.6 Å². The van der Waals surface area contributed by atoms with Crippen LogP contribution < -0.4 is 5.73 Å². The number of nitrogens with zero attached hydrogens (tertiary/aromatic N) is 2. The van der Waals surface area contributed by atoms with Gasteiger partial charge in [0.25, 0.3) is 0 Å². The maximum atomic E-state index is 10.8. The van der Waals surface area contributed by atoms with E-state index in [0.717, 1.165) is 12.8 Å². The molecule has 1 heterocycles. The Labute approximate surface area is 112 Å². The van der Waals surface area contributed by atoms with Crippen molar-refractivity contribution >= 4 is 11.6 Å². The summed E-state index contributed by atoms with van der Waals surface area (Å²) in [5, 5.41) is 15.5. The van der Waals surface area contributed by atoms with Gasteiger partial charge in [-0.25, -0.2) is 0 Å². The van der Waals surface area contributed by atoms with E-state index < -0.39 is 5.60 Å². The highest BCUT2D eigenvalue weighted by Crippen LogP contribution is 2.39. The van der Waals surface area contributed by atoms with Crippen LogP contribution in [0.15, 0.2) is 6.20 Å². The predicted molar refractivity (Wildman–Crippen MR) is 69.5 cm³/mol. The Balaban J connectivity index is 2.23. The van der Waals surface area contributed by atoms with E-state index in [4.69, 9.17) is 22.1 Å². The minimum absolute atomic E-state index is 0.180. The average Bonchev–Trinajstić information content (AvgIpc) is 2.73. The first-order valence-corrected chi connectivity index (χ1v) is 6.63. The number of hydrogen-bond donors (Lipinski definition) is 2. The molecule has 0 bridgehead atoms. The van der Waals surface area contributed by atoms with Gasteiger partial charge in [-0.3, -0.25) is 4.68 Å². The van der Waals surface area contributed by atoms with Crippen LogP contribution in [0.3, 0.4) is 0 Å². The lowest BCUT2D eigenvalue weighted by molar-refractivity contribution is -0.0136. The monoisotopic (exact) mass is 273 g/mol. The molecule has 0 atom stereocenters. The van der Waals surface area contributed by atoms with Crippen LogP contribution in [0.5, 0.6) is 0 Å². The van der Waals surface area contributed by atoms with Gasteiger partial charge in [0.2, 0.25) is 0 Å². The molecule has 102 valence electrons. The molecule has 1 aromatic rings. The molecule has 1 fully saturated rings. The normalized spacial score (nSPS) is 28.6.